The van der Waals surface area contributed by atoms with E-state index in [1.165, 1.54) is 12.1 Å². The van der Waals surface area contributed by atoms with E-state index in [1.54, 1.807) is 24.5 Å². The molecule has 0 aliphatic carbocycles. The first-order valence-corrected chi connectivity index (χ1v) is 4.79. The average molecular weight is 213 g/mol. The van der Waals surface area contributed by atoms with Crippen molar-refractivity contribution >= 4 is 21.7 Å². The van der Waals surface area contributed by atoms with Crippen LogP contribution in [0.5, 0.6) is 0 Å². The Morgan fingerprint density at radius 3 is 2.75 bits per heavy atom. The molecule has 0 amide bonds. The van der Waals surface area contributed by atoms with Crippen LogP contribution in [0.15, 0.2) is 50.7 Å². The lowest BCUT2D eigenvalue weighted by Crippen LogP contribution is -2.02. The molecule has 0 bridgehead atoms. The fraction of sp³-hybridized carbons (Fsp3) is 0. The largest absolute Gasteiger partial charge is 0.422 e. The van der Waals surface area contributed by atoms with Crippen LogP contribution in [0.1, 0.15) is 0 Å². The number of rotatable bonds is 0. The molecular weight excluding hydrogens is 206 g/mol. The van der Waals surface area contributed by atoms with Crippen molar-refractivity contribution in [2.75, 3.05) is 0 Å². The van der Waals surface area contributed by atoms with Crippen molar-refractivity contribution in [3.63, 3.8) is 0 Å². The van der Waals surface area contributed by atoms with Crippen LogP contribution in [0.2, 0.25) is 0 Å². The van der Waals surface area contributed by atoms with Crippen LogP contribution in [0.25, 0.3) is 21.7 Å². The van der Waals surface area contributed by atoms with Gasteiger partial charge in [-0.3, -0.25) is 4.79 Å². The van der Waals surface area contributed by atoms with Crippen molar-refractivity contribution in [3.8, 4) is 0 Å². The summed E-state index contributed by atoms with van der Waals surface area (Å²) in [5.41, 5.74) is -0.279. The van der Waals surface area contributed by atoms with E-state index in [1.807, 2.05) is 0 Å². The second kappa shape index (κ2) is 3.06. The molecule has 0 unspecified atom stereocenters. The topological polar surface area (TPSA) is 63.1 Å². The predicted molar refractivity (Wildman–Crippen MR) is 60.6 cm³/mol. The van der Waals surface area contributed by atoms with E-state index in [-0.39, 0.29) is 5.43 Å². The van der Waals surface area contributed by atoms with Gasteiger partial charge in [-0.25, -0.2) is 4.79 Å². The van der Waals surface area contributed by atoms with E-state index in [0.29, 0.717) is 11.0 Å². The number of aromatic amines is 1. The Labute approximate surface area is 89.1 Å². The Balaban J connectivity index is 2.69. The van der Waals surface area contributed by atoms with Gasteiger partial charge in [-0.1, -0.05) is 0 Å². The Morgan fingerprint density at radius 1 is 1.00 bits per heavy atom. The number of benzene rings is 1. The summed E-state index contributed by atoms with van der Waals surface area (Å²) in [4.78, 5) is 25.6. The number of H-pyrrole nitrogens is 1. The van der Waals surface area contributed by atoms with E-state index < -0.39 is 5.63 Å². The van der Waals surface area contributed by atoms with Crippen LogP contribution in [0, 0.1) is 0 Å². The molecule has 3 aromatic rings. The van der Waals surface area contributed by atoms with Crippen molar-refractivity contribution in [2.45, 2.75) is 0 Å². The van der Waals surface area contributed by atoms with Gasteiger partial charge in [0, 0.05) is 29.2 Å². The number of fused-ring (bicyclic) bond motifs is 3. The van der Waals surface area contributed by atoms with Crippen molar-refractivity contribution in [1.82, 2.24) is 4.98 Å². The molecule has 78 valence electrons. The lowest BCUT2D eigenvalue weighted by molar-refractivity contribution is 0.569. The monoisotopic (exact) mass is 213 g/mol. The van der Waals surface area contributed by atoms with E-state index in [2.05, 4.69) is 4.98 Å². The molecule has 3 rings (SSSR count). The molecule has 1 aromatic carbocycles. The van der Waals surface area contributed by atoms with Gasteiger partial charge in [-0.15, -0.1) is 0 Å². The molecule has 0 saturated heterocycles. The number of pyridine rings is 1. The molecule has 2 heterocycles. The van der Waals surface area contributed by atoms with Crippen molar-refractivity contribution in [2.24, 2.45) is 0 Å². The minimum Gasteiger partial charge on any atom is -0.422 e. The van der Waals surface area contributed by atoms with E-state index in [9.17, 15) is 9.59 Å². The van der Waals surface area contributed by atoms with Gasteiger partial charge in [-0.2, -0.15) is 0 Å². The normalized spacial score (nSPS) is 11.0. The number of hydrogen-bond acceptors (Lipinski definition) is 3. The van der Waals surface area contributed by atoms with E-state index in [0.717, 1.165) is 10.8 Å². The summed E-state index contributed by atoms with van der Waals surface area (Å²) in [6, 6.07) is 6.24. The van der Waals surface area contributed by atoms with E-state index in [4.69, 9.17) is 4.42 Å². The van der Waals surface area contributed by atoms with Gasteiger partial charge in [0.25, 0.3) is 0 Å². The summed E-state index contributed by atoms with van der Waals surface area (Å²) in [5, 5.41) is 2.03. The van der Waals surface area contributed by atoms with Gasteiger partial charge < -0.3 is 9.40 Å². The second-order valence-electron chi connectivity index (χ2n) is 3.52. The maximum atomic E-state index is 11.6. The third kappa shape index (κ3) is 1.16. The first-order chi connectivity index (χ1) is 7.75. The molecule has 0 saturated carbocycles. The molecule has 4 nitrogen and oxygen atoms in total. The minimum atomic E-state index is -0.440. The van der Waals surface area contributed by atoms with Gasteiger partial charge in [0.05, 0.1) is 5.39 Å². The molecule has 0 aliphatic rings. The molecule has 0 atom stereocenters. The maximum absolute atomic E-state index is 11.6. The van der Waals surface area contributed by atoms with Crippen molar-refractivity contribution < 1.29 is 4.42 Å². The zero-order chi connectivity index (χ0) is 11.1. The molecular formula is C12H7NO3. The van der Waals surface area contributed by atoms with Crippen LogP contribution in [0.4, 0.5) is 0 Å². The summed E-state index contributed by atoms with van der Waals surface area (Å²) >= 11 is 0. The standard InChI is InChI=1S/C12H7NO3/c14-7-1-2-9-8-3-4-13-6-10(8)12(15)16-11(9)5-7/h1-6,13H. The summed E-state index contributed by atoms with van der Waals surface area (Å²) in [7, 11) is 0. The summed E-state index contributed by atoms with van der Waals surface area (Å²) in [5.74, 6) is 0. The number of aromatic nitrogens is 1. The first kappa shape index (κ1) is 8.91. The van der Waals surface area contributed by atoms with Gasteiger partial charge in [0.1, 0.15) is 5.58 Å². The molecule has 0 radical (unpaired) electrons. The zero-order valence-corrected chi connectivity index (χ0v) is 8.19. The average Bonchev–Trinajstić information content (AvgIpc) is 2.29. The molecule has 0 spiro atoms. The van der Waals surface area contributed by atoms with Gasteiger partial charge in [0.15, 0.2) is 5.43 Å². The predicted octanol–water partition coefficient (Wildman–Crippen LogP) is 1.63. The third-order valence-corrected chi connectivity index (χ3v) is 2.53. The third-order valence-electron chi connectivity index (χ3n) is 2.53. The SMILES string of the molecule is O=c1ccc2c(c1)oc(=O)c1c[nH]ccc12. The number of hydrogen-bond donors (Lipinski definition) is 1. The lowest BCUT2D eigenvalue weighted by Gasteiger charge is -2.00. The Hall–Kier alpha value is -2.36. The fourth-order valence-corrected chi connectivity index (χ4v) is 1.80. The minimum absolute atomic E-state index is 0.169. The molecule has 2 aromatic heterocycles. The quantitative estimate of drug-likeness (QED) is 0.456. The van der Waals surface area contributed by atoms with Crippen LogP contribution >= 0.6 is 0 Å². The van der Waals surface area contributed by atoms with Gasteiger partial charge in [-0.05, 0) is 18.2 Å². The van der Waals surface area contributed by atoms with Gasteiger partial charge in [0.2, 0.25) is 0 Å². The molecule has 4 heteroatoms. The Morgan fingerprint density at radius 2 is 1.88 bits per heavy atom. The summed E-state index contributed by atoms with van der Waals surface area (Å²) in [6.45, 7) is 0. The Kier molecular flexibility index (Phi) is 1.71. The summed E-state index contributed by atoms with van der Waals surface area (Å²) < 4.78 is 5.08. The van der Waals surface area contributed by atoms with Crippen molar-refractivity contribution in [3.05, 3.63) is 57.3 Å². The van der Waals surface area contributed by atoms with Crippen LogP contribution < -0.4 is 11.1 Å². The van der Waals surface area contributed by atoms with Crippen molar-refractivity contribution in [1.29, 1.82) is 0 Å². The maximum Gasteiger partial charge on any atom is 0.345 e. The molecule has 1 N–H and O–H groups in total. The molecule has 16 heavy (non-hydrogen) atoms. The zero-order valence-electron chi connectivity index (χ0n) is 8.19. The van der Waals surface area contributed by atoms with Crippen LogP contribution in [-0.2, 0) is 0 Å². The van der Waals surface area contributed by atoms with Gasteiger partial charge >= 0.3 is 5.63 Å². The van der Waals surface area contributed by atoms with Crippen LogP contribution in [-0.4, -0.2) is 4.98 Å². The molecule has 0 aliphatic heterocycles. The number of nitrogens with one attached hydrogen (secondary N) is 1. The van der Waals surface area contributed by atoms with Crippen LogP contribution in [0.3, 0.4) is 0 Å². The molecule has 0 fully saturated rings. The Bertz CT molecular complexity index is 798. The highest BCUT2D eigenvalue weighted by Gasteiger charge is 2.06. The first-order valence-electron chi connectivity index (χ1n) is 4.79. The summed E-state index contributed by atoms with van der Waals surface area (Å²) in [6.07, 6.45) is 3.32. The van der Waals surface area contributed by atoms with E-state index >= 15 is 0 Å². The lowest BCUT2D eigenvalue weighted by atomic mass is 10.1. The highest BCUT2D eigenvalue weighted by Crippen LogP contribution is 2.19. The highest BCUT2D eigenvalue weighted by atomic mass is 16.4. The highest BCUT2D eigenvalue weighted by molar-refractivity contribution is 6.03. The second-order valence-corrected chi connectivity index (χ2v) is 3.52. The smallest absolute Gasteiger partial charge is 0.345 e. The fourth-order valence-electron chi connectivity index (χ4n) is 1.80.